The monoisotopic (exact) mass is 384 g/mol. The van der Waals surface area contributed by atoms with Crippen molar-refractivity contribution in [1.82, 2.24) is 15.5 Å². The van der Waals surface area contributed by atoms with Gasteiger partial charge in [-0.25, -0.2) is 0 Å². The average molecular weight is 385 g/mol. The van der Waals surface area contributed by atoms with Gasteiger partial charge >= 0.3 is 0 Å². The predicted octanol–water partition coefficient (Wildman–Crippen LogP) is 2.82. The van der Waals surface area contributed by atoms with Gasteiger partial charge in [-0.1, -0.05) is 30.3 Å². The van der Waals surface area contributed by atoms with E-state index in [2.05, 4.69) is 51.3 Å². The zero-order valence-corrected chi connectivity index (χ0v) is 16.7. The van der Waals surface area contributed by atoms with Crippen molar-refractivity contribution in [2.75, 3.05) is 26.7 Å². The smallest absolute Gasteiger partial charge is 0.224 e. The molecule has 0 fully saturated rings. The Kier molecular flexibility index (Phi) is 7.27. The van der Waals surface area contributed by atoms with Crippen molar-refractivity contribution in [3.8, 4) is 0 Å². The number of benzene rings is 1. The molecular formula is C21H28N4OS. The van der Waals surface area contributed by atoms with Crippen LogP contribution < -0.4 is 10.6 Å². The van der Waals surface area contributed by atoms with Gasteiger partial charge in [0.15, 0.2) is 5.96 Å². The minimum absolute atomic E-state index is 0.207. The van der Waals surface area contributed by atoms with Crippen LogP contribution in [0.4, 0.5) is 0 Å². The van der Waals surface area contributed by atoms with Crippen LogP contribution in [-0.2, 0) is 24.2 Å². The number of aliphatic imine (C=N–C) groups is 1. The van der Waals surface area contributed by atoms with Crippen LogP contribution in [0.2, 0.25) is 0 Å². The lowest BCUT2D eigenvalue weighted by molar-refractivity contribution is -0.131. The molecule has 1 amide bonds. The topological polar surface area (TPSA) is 56.7 Å². The highest BCUT2D eigenvalue weighted by Crippen LogP contribution is 2.24. The standard InChI is InChI=1S/C21H28N4OS/c1-22-21(23-12-5-8-17-6-3-2-4-7-17)24-13-9-20(26)25-14-10-19-18(16-25)11-15-27-19/h2-4,6-7,11,15H,5,8-10,12-14,16H2,1H3,(H2,22,23,24). The van der Waals surface area contributed by atoms with Crippen LogP contribution in [0, 0.1) is 0 Å². The summed E-state index contributed by atoms with van der Waals surface area (Å²) in [5, 5.41) is 8.68. The van der Waals surface area contributed by atoms with Gasteiger partial charge in [0.1, 0.15) is 0 Å². The first-order chi connectivity index (χ1) is 13.3. The van der Waals surface area contributed by atoms with Crippen LogP contribution in [0.5, 0.6) is 0 Å². The number of aryl methyl sites for hydroxylation is 1. The van der Waals surface area contributed by atoms with E-state index in [0.29, 0.717) is 13.0 Å². The van der Waals surface area contributed by atoms with Gasteiger partial charge in [-0.05, 0) is 41.8 Å². The summed E-state index contributed by atoms with van der Waals surface area (Å²) in [6.07, 6.45) is 3.56. The number of hydrogen-bond acceptors (Lipinski definition) is 3. The Hall–Kier alpha value is -2.34. The van der Waals surface area contributed by atoms with Crippen molar-refractivity contribution in [3.05, 3.63) is 57.8 Å². The van der Waals surface area contributed by atoms with Gasteiger partial charge in [0.25, 0.3) is 0 Å². The van der Waals surface area contributed by atoms with Crippen molar-refractivity contribution in [2.45, 2.75) is 32.2 Å². The van der Waals surface area contributed by atoms with E-state index in [1.165, 1.54) is 16.0 Å². The fourth-order valence-electron chi connectivity index (χ4n) is 3.27. The summed E-state index contributed by atoms with van der Waals surface area (Å²) in [7, 11) is 1.76. The minimum atomic E-state index is 0.207. The SMILES string of the molecule is CN=C(NCCCc1ccccc1)NCCC(=O)N1CCc2sccc2C1. The first-order valence-corrected chi connectivity index (χ1v) is 10.5. The molecule has 1 aliphatic heterocycles. The molecule has 3 rings (SSSR count). The fraction of sp³-hybridized carbons (Fsp3) is 0.429. The predicted molar refractivity (Wildman–Crippen MR) is 112 cm³/mol. The molecular weight excluding hydrogens is 356 g/mol. The molecule has 0 bridgehead atoms. The highest BCUT2D eigenvalue weighted by atomic mass is 32.1. The molecule has 2 aromatic rings. The maximum atomic E-state index is 12.4. The van der Waals surface area contributed by atoms with E-state index < -0.39 is 0 Å². The Morgan fingerprint density at radius 1 is 1.19 bits per heavy atom. The van der Waals surface area contributed by atoms with Crippen LogP contribution in [0.25, 0.3) is 0 Å². The maximum absolute atomic E-state index is 12.4. The lowest BCUT2D eigenvalue weighted by Crippen LogP contribution is -2.41. The summed E-state index contributed by atoms with van der Waals surface area (Å²) in [5.74, 6) is 0.966. The normalized spacial score (nSPS) is 14.0. The Bertz CT molecular complexity index is 757. The molecule has 0 saturated heterocycles. The van der Waals surface area contributed by atoms with E-state index in [1.807, 2.05) is 11.0 Å². The molecule has 144 valence electrons. The summed E-state index contributed by atoms with van der Waals surface area (Å²) >= 11 is 1.80. The molecule has 0 atom stereocenters. The summed E-state index contributed by atoms with van der Waals surface area (Å²) in [5.41, 5.74) is 2.66. The van der Waals surface area contributed by atoms with Crippen molar-refractivity contribution < 1.29 is 4.79 Å². The van der Waals surface area contributed by atoms with E-state index >= 15 is 0 Å². The Morgan fingerprint density at radius 2 is 2.00 bits per heavy atom. The van der Waals surface area contributed by atoms with Gasteiger partial charge < -0.3 is 15.5 Å². The maximum Gasteiger partial charge on any atom is 0.224 e. The molecule has 1 aromatic heterocycles. The zero-order valence-electron chi connectivity index (χ0n) is 15.9. The van der Waals surface area contributed by atoms with Gasteiger partial charge in [0.2, 0.25) is 5.91 Å². The first kappa shape index (κ1) is 19.4. The highest BCUT2D eigenvalue weighted by Gasteiger charge is 2.20. The van der Waals surface area contributed by atoms with E-state index in [1.54, 1.807) is 18.4 Å². The second-order valence-corrected chi connectivity index (χ2v) is 7.70. The Labute approximate surface area is 165 Å². The number of rotatable bonds is 7. The second kappa shape index (κ2) is 10.1. The van der Waals surface area contributed by atoms with Crippen molar-refractivity contribution in [3.63, 3.8) is 0 Å². The quantitative estimate of drug-likeness (QED) is 0.438. The molecule has 27 heavy (non-hydrogen) atoms. The lowest BCUT2D eigenvalue weighted by atomic mass is 10.1. The Balaban J connectivity index is 1.32. The van der Waals surface area contributed by atoms with Crippen molar-refractivity contribution in [2.24, 2.45) is 4.99 Å². The van der Waals surface area contributed by atoms with Crippen LogP contribution in [-0.4, -0.2) is 43.4 Å². The average Bonchev–Trinajstić information content (AvgIpc) is 3.18. The number of hydrogen-bond donors (Lipinski definition) is 2. The fourth-order valence-corrected chi connectivity index (χ4v) is 4.16. The number of fused-ring (bicyclic) bond motifs is 1. The van der Waals surface area contributed by atoms with Gasteiger partial charge in [-0.3, -0.25) is 9.79 Å². The third-order valence-corrected chi connectivity index (χ3v) is 5.82. The van der Waals surface area contributed by atoms with Crippen molar-refractivity contribution in [1.29, 1.82) is 0 Å². The molecule has 5 nitrogen and oxygen atoms in total. The summed E-state index contributed by atoms with van der Waals surface area (Å²) in [6.45, 7) is 3.04. The summed E-state index contributed by atoms with van der Waals surface area (Å²) < 4.78 is 0. The van der Waals surface area contributed by atoms with E-state index in [4.69, 9.17) is 0 Å². The van der Waals surface area contributed by atoms with Gasteiger partial charge in [-0.15, -0.1) is 11.3 Å². The van der Waals surface area contributed by atoms with Crippen LogP contribution >= 0.6 is 11.3 Å². The summed E-state index contributed by atoms with van der Waals surface area (Å²) in [6, 6.07) is 12.6. The van der Waals surface area contributed by atoms with E-state index in [0.717, 1.165) is 44.9 Å². The van der Waals surface area contributed by atoms with Crippen LogP contribution in [0.3, 0.4) is 0 Å². The molecule has 1 aliphatic rings. The van der Waals surface area contributed by atoms with Gasteiger partial charge in [0.05, 0.1) is 0 Å². The molecule has 0 radical (unpaired) electrons. The highest BCUT2D eigenvalue weighted by molar-refractivity contribution is 7.10. The Morgan fingerprint density at radius 3 is 2.81 bits per heavy atom. The minimum Gasteiger partial charge on any atom is -0.356 e. The number of carbonyl (C=O) groups excluding carboxylic acids is 1. The molecule has 2 N–H and O–H groups in total. The second-order valence-electron chi connectivity index (χ2n) is 6.70. The lowest BCUT2D eigenvalue weighted by Gasteiger charge is -2.27. The molecule has 6 heteroatoms. The molecule has 0 unspecified atom stereocenters. The number of amides is 1. The molecule has 0 aliphatic carbocycles. The van der Waals surface area contributed by atoms with Crippen LogP contribution in [0.1, 0.15) is 28.8 Å². The van der Waals surface area contributed by atoms with Gasteiger partial charge in [-0.2, -0.15) is 0 Å². The van der Waals surface area contributed by atoms with Crippen molar-refractivity contribution >= 4 is 23.2 Å². The summed E-state index contributed by atoms with van der Waals surface area (Å²) in [4.78, 5) is 20.1. The van der Waals surface area contributed by atoms with E-state index in [-0.39, 0.29) is 5.91 Å². The number of nitrogens with zero attached hydrogens (tertiary/aromatic N) is 2. The first-order valence-electron chi connectivity index (χ1n) is 9.57. The zero-order chi connectivity index (χ0) is 18.9. The molecule has 0 saturated carbocycles. The third kappa shape index (κ3) is 5.82. The number of carbonyl (C=O) groups is 1. The molecule has 2 heterocycles. The molecule has 1 aromatic carbocycles. The third-order valence-electron chi connectivity index (χ3n) is 4.79. The number of nitrogens with one attached hydrogen (secondary N) is 2. The van der Waals surface area contributed by atoms with Gasteiger partial charge in [0, 0.05) is 44.5 Å². The van der Waals surface area contributed by atoms with Crippen LogP contribution in [0.15, 0.2) is 46.8 Å². The number of thiophene rings is 1. The largest absolute Gasteiger partial charge is 0.356 e. The molecule has 0 spiro atoms. The van der Waals surface area contributed by atoms with E-state index in [9.17, 15) is 4.79 Å². The number of guanidine groups is 1.